The van der Waals surface area contributed by atoms with E-state index in [4.69, 9.17) is 0 Å². The molecule has 1 aliphatic carbocycles. The van der Waals surface area contributed by atoms with E-state index in [1.165, 1.54) is 43.4 Å². The lowest BCUT2D eigenvalue weighted by molar-refractivity contribution is -0.118. The zero-order chi connectivity index (χ0) is 12.3. The Kier molecular flexibility index (Phi) is 4.10. The van der Waals surface area contributed by atoms with Gasteiger partial charge in [-0.05, 0) is 12.8 Å². The Hall–Kier alpha value is -0.970. The standard InChI is InChI=1S/C12H19N3OS/c1-8(2)10(16)13-12-15-14-11(17-12)9-6-4-3-5-7-9/h8-9H,3-7H2,1-2H3,(H,13,15,16). The minimum absolute atomic E-state index is 0.0105. The molecule has 0 aromatic carbocycles. The van der Waals surface area contributed by atoms with Crippen LogP contribution in [0.4, 0.5) is 5.13 Å². The first-order chi connectivity index (χ1) is 8.16. The molecule has 1 heterocycles. The molecular formula is C12H19N3OS. The van der Waals surface area contributed by atoms with Gasteiger partial charge in [0.05, 0.1) is 0 Å². The molecule has 0 radical (unpaired) electrons. The molecule has 0 saturated heterocycles. The van der Waals surface area contributed by atoms with Crippen LogP contribution in [0, 0.1) is 5.92 Å². The van der Waals surface area contributed by atoms with E-state index in [0.29, 0.717) is 11.0 Å². The minimum Gasteiger partial charge on any atom is -0.300 e. The fourth-order valence-electron chi connectivity index (χ4n) is 2.05. The average Bonchev–Trinajstić information content (AvgIpc) is 2.78. The number of rotatable bonds is 3. The number of hydrogen-bond donors (Lipinski definition) is 1. The van der Waals surface area contributed by atoms with Gasteiger partial charge in [0.2, 0.25) is 11.0 Å². The van der Waals surface area contributed by atoms with Crippen molar-refractivity contribution in [3.8, 4) is 0 Å². The third-order valence-electron chi connectivity index (χ3n) is 3.15. The van der Waals surface area contributed by atoms with Crippen LogP contribution in [0.25, 0.3) is 0 Å². The quantitative estimate of drug-likeness (QED) is 0.900. The smallest absolute Gasteiger partial charge is 0.228 e. The molecule has 1 N–H and O–H groups in total. The van der Waals surface area contributed by atoms with Gasteiger partial charge in [0.25, 0.3) is 0 Å². The van der Waals surface area contributed by atoms with E-state index < -0.39 is 0 Å². The van der Waals surface area contributed by atoms with E-state index in [-0.39, 0.29) is 11.8 Å². The third-order valence-corrected chi connectivity index (χ3v) is 4.15. The first-order valence-corrected chi connectivity index (χ1v) is 7.12. The number of nitrogens with zero attached hydrogens (tertiary/aromatic N) is 2. The van der Waals surface area contributed by atoms with Crippen molar-refractivity contribution < 1.29 is 4.79 Å². The molecule has 0 spiro atoms. The number of nitrogens with one attached hydrogen (secondary N) is 1. The second kappa shape index (κ2) is 5.58. The van der Waals surface area contributed by atoms with Crippen LogP contribution < -0.4 is 5.32 Å². The Morgan fingerprint density at radius 3 is 2.65 bits per heavy atom. The Balaban J connectivity index is 1.97. The summed E-state index contributed by atoms with van der Waals surface area (Å²) in [5.41, 5.74) is 0. The first-order valence-electron chi connectivity index (χ1n) is 6.31. The Labute approximate surface area is 106 Å². The van der Waals surface area contributed by atoms with Gasteiger partial charge in [0.15, 0.2) is 0 Å². The molecule has 1 amide bonds. The van der Waals surface area contributed by atoms with E-state index in [0.717, 1.165) is 5.01 Å². The molecule has 1 fully saturated rings. The number of amides is 1. The van der Waals surface area contributed by atoms with Gasteiger partial charge in [-0.1, -0.05) is 44.4 Å². The van der Waals surface area contributed by atoms with Crippen molar-refractivity contribution in [2.45, 2.75) is 51.9 Å². The monoisotopic (exact) mass is 253 g/mol. The van der Waals surface area contributed by atoms with Crippen molar-refractivity contribution in [1.82, 2.24) is 10.2 Å². The predicted octanol–water partition coefficient (Wildman–Crippen LogP) is 3.18. The van der Waals surface area contributed by atoms with Gasteiger partial charge in [-0.2, -0.15) is 0 Å². The first kappa shape index (κ1) is 12.5. The molecule has 94 valence electrons. The molecule has 0 atom stereocenters. The molecule has 4 nitrogen and oxygen atoms in total. The summed E-state index contributed by atoms with van der Waals surface area (Å²) in [6.45, 7) is 3.75. The lowest BCUT2D eigenvalue weighted by atomic mass is 9.90. The fraction of sp³-hybridized carbons (Fsp3) is 0.750. The molecular weight excluding hydrogens is 234 g/mol. The van der Waals surface area contributed by atoms with Crippen LogP contribution >= 0.6 is 11.3 Å². The Bertz CT molecular complexity index is 383. The topological polar surface area (TPSA) is 54.9 Å². The molecule has 1 aliphatic rings. The van der Waals surface area contributed by atoms with Crippen LogP contribution in [0.1, 0.15) is 56.9 Å². The van der Waals surface area contributed by atoms with Crippen molar-refractivity contribution in [3.63, 3.8) is 0 Å². The highest BCUT2D eigenvalue weighted by molar-refractivity contribution is 7.15. The zero-order valence-corrected chi connectivity index (χ0v) is 11.2. The van der Waals surface area contributed by atoms with Gasteiger partial charge in [-0.15, -0.1) is 10.2 Å². The molecule has 1 saturated carbocycles. The molecule has 0 bridgehead atoms. The van der Waals surface area contributed by atoms with Crippen LogP contribution in [0.2, 0.25) is 0 Å². The third kappa shape index (κ3) is 3.25. The maximum atomic E-state index is 11.5. The Morgan fingerprint density at radius 1 is 1.29 bits per heavy atom. The van der Waals surface area contributed by atoms with Gasteiger partial charge in [-0.3, -0.25) is 4.79 Å². The van der Waals surface area contributed by atoms with Gasteiger partial charge in [0.1, 0.15) is 5.01 Å². The zero-order valence-electron chi connectivity index (χ0n) is 10.4. The van der Waals surface area contributed by atoms with Crippen molar-refractivity contribution in [3.05, 3.63) is 5.01 Å². The molecule has 5 heteroatoms. The molecule has 1 aromatic heterocycles. The van der Waals surface area contributed by atoms with Gasteiger partial charge >= 0.3 is 0 Å². The SMILES string of the molecule is CC(C)C(=O)Nc1nnc(C2CCCCC2)s1. The molecule has 0 unspecified atom stereocenters. The Morgan fingerprint density at radius 2 is 2.00 bits per heavy atom. The highest BCUT2D eigenvalue weighted by Crippen LogP contribution is 2.35. The summed E-state index contributed by atoms with van der Waals surface area (Å²) in [5.74, 6) is 0.555. The second-order valence-electron chi connectivity index (χ2n) is 4.92. The highest BCUT2D eigenvalue weighted by atomic mass is 32.1. The molecule has 0 aliphatic heterocycles. The van der Waals surface area contributed by atoms with Crippen LogP contribution in [0.5, 0.6) is 0 Å². The molecule has 2 rings (SSSR count). The summed E-state index contributed by atoms with van der Waals surface area (Å²) >= 11 is 1.53. The number of carbonyl (C=O) groups excluding carboxylic acids is 1. The number of hydrogen-bond acceptors (Lipinski definition) is 4. The van der Waals surface area contributed by atoms with Gasteiger partial charge < -0.3 is 5.32 Å². The second-order valence-corrected chi connectivity index (χ2v) is 5.93. The maximum Gasteiger partial charge on any atom is 0.228 e. The van der Waals surface area contributed by atoms with E-state index in [1.54, 1.807) is 0 Å². The van der Waals surface area contributed by atoms with Crippen molar-refractivity contribution in [1.29, 1.82) is 0 Å². The lowest BCUT2D eigenvalue weighted by Crippen LogP contribution is -2.17. The summed E-state index contributed by atoms with van der Waals surface area (Å²) in [5, 5.41) is 12.8. The van der Waals surface area contributed by atoms with Crippen LogP contribution in [0.15, 0.2) is 0 Å². The summed E-state index contributed by atoms with van der Waals surface area (Å²) in [7, 11) is 0. The summed E-state index contributed by atoms with van der Waals surface area (Å²) in [6, 6.07) is 0. The van der Waals surface area contributed by atoms with E-state index in [1.807, 2.05) is 13.8 Å². The number of anilines is 1. The average molecular weight is 253 g/mol. The van der Waals surface area contributed by atoms with E-state index in [9.17, 15) is 4.79 Å². The summed E-state index contributed by atoms with van der Waals surface area (Å²) < 4.78 is 0. The number of aromatic nitrogens is 2. The van der Waals surface area contributed by atoms with Crippen LogP contribution in [-0.4, -0.2) is 16.1 Å². The van der Waals surface area contributed by atoms with Crippen LogP contribution in [0.3, 0.4) is 0 Å². The van der Waals surface area contributed by atoms with Crippen molar-refractivity contribution in [2.75, 3.05) is 5.32 Å². The van der Waals surface area contributed by atoms with E-state index >= 15 is 0 Å². The van der Waals surface area contributed by atoms with Crippen molar-refractivity contribution >= 4 is 22.4 Å². The van der Waals surface area contributed by atoms with Gasteiger partial charge in [-0.25, -0.2) is 0 Å². The summed E-state index contributed by atoms with van der Waals surface area (Å²) in [6.07, 6.45) is 6.35. The highest BCUT2D eigenvalue weighted by Gasteiger charge is 2.20. The summed E-state index contributed by atoms with van der Waals surface area (Å²) in [4.78, 5) is 11.5. The fourth-order valence-corrected chi connectivity index (χ4v) is 2.96. The molecule has 1 aromatic rings. The minimum atomic E-state index is -0.0166. The largest absolute Gasteiger partial charge is 0.300 e. The normalized spacial score (nSPS) is 17.4. The number of carbonyl (C=O) groups is 1. The maximum absolute atomic E-state index is 11.5. The van der Waals surface area contributed by atoms with Crippen LogP contribution in [-0.2, 0) is 4.79 Å². The van der Waals surface area contributed by atoms with E-state index in [2.05, 4.69) is 15.5 Å². The predicted molar refractivity (Wildman–Crippen MR) is 69.2 cm³/mol. The lowest BCUT2D eigenvalue weighted by Gasteiger charge is -2.18. The van der Waals surface area contributed by atoms with Crippen molar-refractivity contribution in [2.24, 2.45) is 5.92 Å². The van der Waals surface area contributed by atoms with Gasteiger partial charge in [0, 0.05) is 11.8 Å². The molecule has 17 heavy (non-hydrogen) atoms.